The summed E-state index contributed by atoms with van der Waals surface area (Å²) in [7, 11) is -2.11. The third kappa shape index (κ3) is 4.35. The molecule has 0 aliphatic heterocycles. The summed E-state index contributed by atoms with van der Waals surface area (Å²) < 4.78 is 34.9. The van der Waals surface area contributed by atoms with Gasteiger partial charge in [0.05, 0.1) is 36.1 Å². The predicted octanol–water partition coefficient (Wildman–Crippen LogP) is 4.01. The van der Waals surface area contributed by atoms with Crippen LogP contribution in [0.3, 0.4) is 0 Å². The Hall–Kier alpha value is -2.75. The largest absolute Gasteiger partial charge is 0.495 e. The van der Waals surface area contributed by atoms with E-state index in [4.69, 9.17) is 15.5 Å². The summed E-state index contributed by atoms with van der Waals surface area (Å²) in [4.78, 5) is 9.24. The van der Waals surface area contributed by atoms with E-state index in [0.29, 0.717) is 30.0 Å². The summed E-state index contributed by atoms with van der Waals surface area (Å²) in [6, 6.07) is 5.22. The minimum absolute atomic E-state index is 0.102. The van der Waals surface area contributed by atoms with Gasteiger partial charge in [-0.15, -0.1) is 0 Å². The number of benzene rings is 1. The summed E-state index contributed by atoms with van der Waals surface area (Å²) >= 11 is 0. The molecule has 1 saturated carbocycles. The molecular formula is C25H31N5O3S. The molecule has 1 aromatic carbocycles. The quantitative estimate of drug-likeness (QED) is 0.445. The van der Waals surface area contributed by atoms with Crippen LogP contribution in [-0.2, 0) is 10.0 Å². The van der Waals surface area contributed by atoms with Gasteiger partial charge in [0.1, 0.15) is 5.75 Å². The first-order chi connectivity index (χ1) is 16.3. The first-order valence-electron chi connectivity index (χ1n) is 11.7. The number of pyridine rings is 2. The molecule has 0 saturated heterocycles. The number of sulfonamides is 1. The molecular weight excluding hydrogens is 450 g/mol. The van der Waals surface area contributed by atoms with Gasteiger partial charge < -0.3 is 15.8 Å². The van der Waals surface area contributed by atoms with Crippen molar-refractivity contribution in [3.8, 4) is 5.75 Å². The lowest BCUT2D eigenvalue weighted by molar-refractivity contribution is 0.413. The van der Waals surface area contributed by atoms with Gasteiger partial charge in [-0.3, -0.25) is 9.97 Å². The van der Waals surface area contributed by atoms with Crippen LogP contribution in [-0.4, -0.2) is 32.0 Å². The lowest BCUT2D eigenvalue weighted by Gasteiger charge is -2.19. The molecule has 2 aliphatic rings. The molecule has 0 amide bonds. The SMILES string of the molecule is COc1cncc(NC2CC(N)c3cc(S(=O)(=O)NCC(C)C)c4cc(C5CC5)ncc4c32)c1. The smallest absolute Gasteiger partial charge is 0.241 e. The molecule has 4 N–H and O–H groups in total. The zero-order valence-corrected chi connectivity index (χ0v) is 20.5. The van der Waals surface area contributed by atoms with E-state index < -0.39 is 10.0 Å². The van der Waals surface area contributed by atoms with Gasteiger partial charge in [0, 0.05) is 47.2 Å². The second kappa shape index (κ2) is 8.79. The number of nitrogens with two attached hydrogens (primary N) is 1. The van der Waals surface area contributed by atoms with E-state index in [1.54, 1.807) is 25.6 Å². The number of rotatable bonds is 8. The summed E-state index contributed by atoms with van der Waals surface area (Å²) in [5, 5.41) is 5.06. The molecule has 5 rings (SSSR count). The van der Waals surface area contributed by atoms with Crippen molar-refractivity contribution in [1.82, 2.24) is 14.7 Å². The van der Waals surface area contributed by atoms with Crippen molar-refractivity contribution in [1.29, 1.82) is 0 Å². The molecule has 0 radical (unpaired) electrons. The van der Waals surface area contributed by atoms with E-state index in [2.05, 4.69) is 15.0 Å². The van der Waals surface area contributed by atoms with Gasteiger partial charge >= 0.3 is 0 Å². The summed E-state index contributed by atoms with van der Waals surface area (Å²) in [5.74, 6) is 1.27. The third-order valence-electron chi connectivity index (χ3n) is 6.57. The van der Waals surface area contributed by atoms with Crippen molar-refractivity contribution >= 4 is 26.5 Å². The number of anilines is 1. The molecule has 8 nitrogen and oxygen atoms in total. The average molecular weight is 482 g/mol. The zero-order valence-electron chi connectivity index (χ0n) is 19.7. The highest BCUT2D eigenvalue weighted by molar-refractivity contribution is 7.89. The molecule has 2 aromatic heterocycles. The van der Waals surface area contributed by atoms with Crippen LogP contribution in [0.2, 0.25) is 0 Å². The van der Waals surface area contributed by atoms with Gasteiger partial charge in [-0.05, 0) is 48.4 Å². The monoisotopic (exact) mass is 481 g/mol. The van der Waals surface area contributed by atoms with Crippen LogP contribution >= 0.6 is 0 Å². The molecule has 0 bridgehead atoms. The highest BCUT2D eigenvalue weighted by Crippen LogP contribution is 2.47. The Balaban J connectivity index is 1.64. The van der Waals surface area contributed by atoms with E-state index in [1.807, 2.05) is 32.2 Å². The van der Waals surface area contributed by atoms with Crippen LogP contribution in [0.15, 0.2) is 41.7 Å². The van der Waals surface area contributed by atoms with Crippen molar-refractivity contribution < 1.29 is 13.2 Å². The van der Waals surface area contributed by atoms with Crippen molar-refractivity contribution in [2.45, 2.75) is 56.0 Å². The topological polar surface area (TPSA) is 119 Å². The summed E-state index contributed by atoms with van der Waals surface area (Å²) in [6.45, 7) is 4.34. The number of hydrogen-bond acceptors (Lipinski definition) is 7. The Kier molecular flexibility index (Phi) is 5.95. The Morgan fingerprint density at radius 3 is 2.65 bits per heavy atom. The van der Waals surface area contributed by atoms with Crippen LogP contribution in [0.1, 0.15) is 67.9 Å². The highest BCUT2D eigenvalue weighted by atomic mass is 32.2. The fraction of sp³-hybridized carbons (Fsp3) is 0.440. The van der Waals surface area contributed by atoms with Gasteiger partial charge in [-0.1, -0.05) is 13.8 Å². The second-order valence-electron chi connectivity index (χ2n) is 9.70. The molecule has 2 heterocycles. The van der Waals surface area contributed by atoms with Gasteiger partial charge in [-0.2, -0.15) is 0 Å². The lowest BCUT2D eigenvalue weighted by atomic mass is 9.98. The number of nitrogens with zero attached hydrogens (tertiary/aromatic N) is 2. The lowest BCUT2D eigenvalue weighted by Crippen LogP contribution is -2.28. The summed E-state index contributed by atoms with van der Waals surface area (Å²) in [5.41, 5.74) is 10.2. The average Bonchev–Trinajstić information content (AvgIpc) is 3.62. The maximum absolute atomic E-state index is 13.4. The fourth-order valence-electron chi connectivity index (χ4n) is 4.66. The minimum atomic E-state index is -3.71. The maximum atomic E-state index is 13.4. The maximum Gasteiger partial charge on any atom is 0.241 e. The predicted molar refractivity (Wildman–Crippen MR) is 132 cm³/mol. The second-order valence-corrected chi connectivity index (χ2v) is 11.4. The Bertz CT molecular complexity index is 1340. The van der Waals surface area contributed by atoms with Crippen molar-refractivity contribution in [2.75, 3.05) is 19.0 Å². The number of hydrogen-bond donors (Lipinski definition) is 3. The van der Waals surface area contributed by atoms with Crippen LogP contribution in [0, 0.1) is 5.92 Å². The van der Waals surface area contributed by atoms with E-state index >= 15 is 0 Å². The number of methoxy groups -OCH3 is 1. The Morgan fingerprint density at radius 2 is 1.94 bits per heavy atom. The normalized spacial score (nSPS) is 20.0. The van der Waals surface area contributed by atoms with E-state index in [-0.39, 0.29) is 22.9 Å². The third-order valence-corrected chi connectivity index (χ3v) is 8.04. The zero-order chi connectivity index (χ0) is 24.0. The van der Waals surface area contributed by atoms with Gasteiger partial charge in [0.2, 0.25) is 10.0 Å². The highest BCUT2D eigenvalue weighted by Gasteiger charge is 2.35. The molecule has 3 aromatic rings. The van der Waals surface area contributed by atoms with E-state index in [9.17, 15) is 8.42 Å². The summed E-state index contributed by atoms with van der Waals surface area (Å²) in [6.07, 6.45) is 8.05. The van der Waals surface area contributed by atoms with Crippen LogP contribution in [0.5, 0.6) is 5.75 Å². The van der Waals surface area contributed by atoms with Gasteiger partial charge in [0.25, 0.3) is 0 Å². The van der Waals surface area contributed by atoms with Crippen LogP contribution < -0.4 is 20.5 Å². The minimum Gasteiger partial charge on any atom is -0.495 e. The molecule has 34 heavy (non-hydrogen) atoms. The van der Waals surface area contributed by atoms with Gasteiger partial charge in [-0.25, -0.2) is 13.1 Å². The molecule has 2 atom stereocenters. The van der Waals surface area contributed by atoms with Crippen molar-refractivity contribution in [3.63, 3.8) is 0 Å². The van der Waals surface area contributed by atoms with Crippen molar-refractivity contribution in [2.24, 2.45) is 11.7 Å². The number of ether oxygens (including phenoxy) is 1. The number of fused-ring (bicyclic) bond motifs is 3. The van der Waals surface area contributed by atoms with Crippen LogP contribution in [0.4, 0.5) is 5.69 Å². The standard InChI is InChI=1S/C25H31N5O3S/c1-14(2)10-29-34(31,32)24-8-19-21(26)9-23(30-16-6-17(33-3)12-27-11-16)25(19)20-13-28-22(7-18(20)24)15-4-5-15/h6-8,11-15,21,23,29-30H,4-5,9-10,26H2,1-3H3. The van der Waals surface area contributed by atoms with Crippen molar-refractivity contribution in [3.05, 3.63) is 53.6 Å². The number of nitrogens with one attached hydrogen (secondary N) is 2. The molecule has 1 fully saturated rings. The number of aromatic nitrogens is 2. The molecule has 2 aliphatic carbocycles. The molecule has 0 spiro atoms. The Morgan fingerprint density at radius 1 is 1.15 bits per heavy atom. The molecule has 180 valence electrons. The molecule has 9 heteroatoms. The van der Waals surface area contributed by atoms with Crippen LogP contribution in [0.25, 0.3) is 10.8 Å². The first-order valence-corrected chi connectivity index (χ1v) is 13.2. The van der Waals surface area contributed by atoms with E-state index in [0.717, 1.165) is 40.7 Å². The fourth-order valence-corrected chi connectivity index (χ4v) is 6.11. The van der Waals surface area contributed by atoms with Gasteiger partial charge in [0.15, 0.2) is 0 Å². The van der Waals surface area contributed by atoms with E-state index in [1.165, 1.54) is 0 Å². The Labute approximate surface area is 200 Å². The first kappa shape index (κ1) is 23.0. The molecule has 2 unspecified atom stereocenters.